The molecule has 3 rings (SSSR count). The molecule has 7 heteroatoms. The van der Waals surface area contributed by atoms with Gasteiger partial charge in [0.05, 0.1) is 0 Å². The van der Waals surface area contributed by atoms with Gasteiger partial charge >= 0.3 is 0 Å². The Labute approximate surface area is 160 Å². The Kier molecular flexibility index (Phi) is 6.58. The summed E-state index contributed by atoms with van der Waals surface area (Å²) in [6.07, 6.45) is 2.22. The molecule has 1 aromatic carbocycles. The van der Waals surface area contributed by atoms with Crippen molar-refractivity contribution in [2.75, 3.05) is 36.5 Å². The number of hydrogen-bond acceptors (Lipinski definition) is 6. The van der Waals surface area contributed by atoms with Gasteiger partial charge in [0.15, 0.2) is 0 Å². The fourth-order valence-corrected chi connectivity index (χ4v) is 3.47. The van der Waals surface area contributed by atoms with Gasteiger partial charge < -0.3 is 15.3 Å². The largest absolute Gasteiger partial charge is 0.396 e. The summed E-state index contributed by atoms with van der Waals surface area (Å²) in [4.78, 5) is 13.2. The fourth-order valence-electron chi connectivity index (χ4n) is 3.47. The van der Waals surface area contributed by atoms with Gasteiger partial charge in [-0.25, -0.2) is 14.4 Å². The van der Waals surface area contributed by atoms with Crippen LogP contribution in [0.5, 0.6) is 0 Å². The maximum absolute atomic E-state index is 14.0. The highest BCUT2D eigenvalue weighted by atomic mass is 19.1. The molecule has 1 aromatic heterocycles. The van der Waals surface area contributed by atoms with Crippen molar-refractivity contribution in [2.45, 2.75) is 38.9 Å². The maximum atomic E-state index is 14.0. The number of nitrogens with one attached hydrogen (secondary N) is 1. The molecule has 0 spiro atoms. The van der Waals surface area contributed by atoms with Gasteiger partial charge in [-0.15, -0.1) is 0 Å². The summed E-state index contributed by atoms with van der Waals surface area (Å²) in [5, 5.41) is 12.8. The van der Waals surface area contributed by atoms with Crippen LogP contribution >= 0.6 is 0 Å². The van der Waals surface area contributed by atoms with Crippen molar-refractivity contribution in [2.24, 2.45) is 0 Å². The zero-order valence-electron chi connectivity index (χ0n) is 16.0. The second-order valence-electron chi connectivity index (χ2n) is 7.23. The molecule has 0 bridgehead atoms. The van der Waals surface area contributed by atoms with E-state index in [0.717, 1.165) is 31.3 Å². The van der Waals surface area contributed by atoms with Gasteiger partial charge in [0, 0.05) is 56.5 Å². The van der Waals surface area contributed by atoms with E-state index in [1.165, 1.54) is 6.07 Å². The van der Waals surface area contributed by atoms with Gasteiger partial charge in [-0.3, -0.25) is 4.90 Å². The van der Waals surface area contributed by atoms with E-state index in [-0.39, 0.29) is 18.5 Å². The first-order chi connectivity index (χ1) is 13.1. The van der Waals surface area contributed by atoms with Gasteiger partial charge in [-0.1, -0.05) is 18.2 Å². The number of halogens is 1. The van der Waals surface area contributed by atoms with Crippen LogP contribution in [0.3, 0.4) is 0 Å². The summed E-state index contributed by atoms with van der Waals surface area (Å²) in [7, 11) is 0. The van der Waals surface area contributed by atoms with E-state index in [1.54, 1.807) is 12.4 Å². The molecule has 2 N–H and O–H groups in total. The van der Waals surface area contributed by atoms with Crippen LogP contribution in [-0.4, -0.2) is 58.3 Å². The Morgan fingerprint density at radius 2 is 2.07 bits per heavy atom. The SMILES string of the molecule is CC(C)Nc1cc(N2CCN(Cc3ccccc3F)[C@H](CCO)C2)ncn1. The van der Waals surface area contributed by atoms with Crippen LogP contribution in [-0.2, 0) is 6.54 Å². The molecule has 6 nitrogen and oxygen atoms in total. The first kappa shape index (κ1) is 19.5. The van der Waals surface area contributed by atoms with Crippen LogP contribution in [0.25, 0.3) is 0 Å². The number of aliphatic hydroxyl groups is 1. The van der Waals surface area contributed by atoms with E-state index >= 15 is 0 Å². The summed E-state index contributed by atoms with van der Waals surface area (Å²) < 4.78 is 14.0. The fraction of sp³-hybridized carbons (Fsp3) is 0.500. The van der Waals surface area contributed by atoms with Gasteiger partial charge in [-0.2, -0.15) is 0 Å². The van der Waals surface area contributed by atoms with E-state index in [0.29, 0.717) is 24.6 Å². The van der Waals surface area contributed by atoms with Crippen molar-refractivity contribution >= 4 is 11.6 Å². The Balaban J connectivity index is 1.71. The molecule has 146 valence electrons. The second-order valence-corrected chi connectivity index (χ2v) is 7.23. The van der Waals surface area contributed by atoms with Crippen LogP contribution in [0.2, 0.25) is 0 Å². The van der Waals surface area contributed by atoms with Gasteiger partial charge in [0.1, 0.15) is 23.8 Å². The predicted octanol–water partition coefficient (Wildman–Crippen LogP) is 2.51. The minimum Gasteiger partial charge on any atom is -0.396 e. The summed E-state index contributed by atoms with van der Waals surface area (Å²) in [5.41, 5.74) is 0.694. The zero-order valence-corrected chi connectivity index (χ0v) is 16.0. The van der Waals surface area contributed by atoms with Crippen molar-refractivity contribution in [1.82, 2.24) is 14.9 Å². The number of anilines is 2. The number of hydrogen-bond donors (Lipinski definition) is 2. The van der Waals surface area contributed by atoms with Crippen molar-refractivity contribution in [3.63, 3.8) is 0 Å². The summed E-state index contributed by atoms with van der Waals surface area (Å²) in [6, 6.07) is 9.29. The smallest absolute Gasteiger partial charge is 0.134 e. The molecular formula is C20H28FN5O. The van der Waals surface area contributed by atoms with Crippen molar-refractivity contribution in [3.05, 3.63) is 48.0 Å². The molecule has 0 amide bonds. The molecule has 1 aliphatic rings. The molecule has 0 unspecified atom stereocenters. The number of piperazine rings is 1. The van der Waals surface area contributed by atoms with Crippen LogP contribution < -0.4 is 10.2 Å². The molecule has 2 aromatic rings. The first-order valence-corrected chi connectivity index (χ1v) is 9.48. The third-order valence-corrected chi connectivity index (χ3v) is 4.81. The van der Waals surface area contributed by atoms with Crippen LogP contribution in [0.1, 0.15) is 25.8 Å². The Bertz CT molecular complexity index is 742. The normalized spacial score (nSPS) is 18.1. The number of benzene rings is 1. The van der Waals surface area contributed by atoms with Crippen molar-refractivity contribution in [3.8, 4) is 0 Å². The minimum atomic E-state index is -0.178. The molecule has 1 atom stereocenters. The quantitative estimate of drug-likeness (QED) is 0.778. The van der Waals surface area contributed by atoms with Gasteiger partial charge in [0.2, 0.25) is 0 Å². The lowest BCUT2D eigenvalue weighted by molar-refractivity contribution is 0.134. The average Bonchev–Trinajstić information content (AvgIpc) is 2.65. The van der Waals surface area contributed by atoms with Crippen molar-refractivity contribution < 1.29 is 9.50 Å². The Morgan fingerprint density at radius 3 is 2.81 bits per heavy atom. The van der Waals surface area contributed by atoms with E-state index in [9.17, 15) is 9.50 Å². The van der Waals surface area contributed by atoms with E-state index in [2.05, 4.69) is 38.9 Å². The zero-order chi connectivity index (χ0) is 19.2. The lowest BCUT2D eigenvalue weighted by atomic mass is 10.1. The van der Waals surface area contributed by atoms with E-state index in [1.807, 2.05) is 18.2 Å². The molecule has 1 fully saturated rings. The second kappa shape index (κ2) is 9.10. The van der Waals surface area contributed by atoms with Gasteiger partial charge in [0.25, 0.3) is 0 Å². The van der Waals surface area contributed by atoms with Crippen molar-refractivity contribution in [1.29, 1.82) is 0 Å². The molecule has 2 heterocycles. The molecule has 27 heavy (non-hydrogen) atoms. The molecule has 0 radical (unpaired) electrons. The number of nitrogens with zero attached hydrogens (tertiary/aromatic N) is 4. The maximum Gasteiger partial charge on any atom is 0.134 e. The van der Waals surface area contributed by atoms with Crippen LogP contribution in [0, 0.1) is 5.82 Å². The van der Waals surface area contributed by atoms with E-state index < -0.39 is 0 Å². The lowest BCUT2D eigenvalue weighted by Gasteiger charge is -2.42. The summed E-state index contributed by atoms with van der Waals surface area (Å²) >= 11 is 0. The highest BCUT2D eigenvalue weighted by Gasteiger charge is 2.28. The van der Waals surface area contributed by atoms with Crippen LogP contribution in [0.15, 0.2) is 36.7 Å². The lowest BCUT2D eigenvalue weighted by Crippen LogP contribution is -2.53. The first-order valence-electron chi connectivity index (χ1n) is 9.48. The minimum absolute atomic E-state index is 0.107. The molecule has 1 saturated heterocycles. The molecule has 1 aliphatic heterocycles. The number of rotatable bonds is 7. The highest BCUT2D eigenvalue weighted by molar-refractivity contribution is 5.49. The molecular weight excluding hydrogens is 345 g/mol. The van der Waals surface area contributed by atoms with E-state index in [4.69, 9.17) is 0 Å². The molecule has 0 saturated carbocycles. The van der Waals surface area contributed by atoms with Crippen LogP contribution in [0.4, 0.5) is 16.0 Å². The standard InChI is InChI=1S/C20H28FN5O/c1-15(2)24-19-11-20(23-14-22-19)26-9-8-25(17(13-26)7-10-27)12-16-5-3-4-6-18(16)21/h3-6,11,14-15,17,27H,7-10,12-13H2,1-2H3,(H,22,23,24)/t17-/m1/s1. The Morgan fingerprint density at radius 1 is 1.26 bits per heavy atom. The monoisotopic (exact) mass is 373 g/mol. The topological polar surface area (TPSA) is 64.5 Å². The third-order valence-electron chi connectivity index (χ3n) is 4.81. The Hall–Kier alpha value is -2.25. The predicted molar refractivity (Wildman–Crippen MR) is 105 cm³/mol. The number of aromatic nitrogens is 2. The summed E-state index contributed by atoms with van der Waals surface area (Å²) in [5.74, 6) is 1.51. The highest BCUT2D eigenvalue weighted by Crippen LogP contribution is 2.22. The van der Waals surface area contributed by atoms with Gasteiger partial charge in [-0.05, 0) is 26.3 Å². The number of aliphatic hydroxyl groups excluding tert-OH is 1. The summed E-state index contributed by atoms with van der Waals surface area (Å²) in [6.45, 7) is 7.13. The average molecular weight is 373 g/mol. The third kappa shape index (κ3) is 5.14. The molecule has 0 aliphatic carbocycles.